The molecule has 0 fully saturated rings. The number of rotatable bonds is 7. The summed E-state index contributed by atoms with van der Waals surface area (Å²) in [4.78, 5) is 0. The second-order valence-corrected chi connectivity index (χ2v) is 6.23. The van der Waals surface area contributed by atoms with E-state index in [1.54, 1.807) is 30.3 Å². The first-order valence-corrected chi connectivity index (χ1v) is 8.13. The predicted molar refractivity (Wildman–Crippen MR) is 87.1 cm³/mol. The Morgan fingerprint density at radius 2 is 1.24 bits per heavy atom. The summed E-state index contributed by atoms with van der Waals surface area (Å²) in [5.74, 6) is -19.3. The van der Waals surface area contributed by atoms with Crippen LogP contribution in [0.1, 0.15) is 18.1 Å². The van der Waals surface area contributed by atoms with Crippen LogP contribution in [0, 0.1) is 0 Å². The van der Waals surface area contributed by atoms with Crippen molar-refractivity contribution in [3.63, 3.8) is 0 Å². The van der Waals surface area contributed by atoms with Gasteiger partial charge in [0.25, 0.3) is 0 Å². The molecule has 0 amide bonds. The molecule has 0 saturated heterocycles. The fourth-order valence-electron chi connectivity index (χ4n) is 2.75. The van der Waals surface area contributed by atoms with Gasteiger partial charge in [0.15, 0.2) is 0 Å². The van der Waals surface area contributed by atoms with Gasteiger partial charge < -0.3 is 4.74 Å². The molecule has 1 nitrogen and oxygen atoms in total. The van der Waals surface area contributed by atoms with E-state index in [4.69, 9.17) is 4.74 Å². The zero-order chi connectivity index (χ0) is 22.1. The normalized spacial score (nSPS) is 14.7. The summed E-state index contributed by atoms with van der Waals surface area (Å²) in [5, 5.41) is 0. The van der Waals surface area contributed by atoms with Gasteiger partial charge in [-0.3, -0.25) is 0 Å². The van der Waals surface area contributed by atoms with Crippen LogP contribution in [-0.2, 0) is 4.74 Å². The number of methoxy groups -OCH3 is 1. The molecule has 0 bridgehead atoms. The summed E-state index contributed by atoms with van der Waals surface area (Å²) in [7, 11) is 0.864. The molecule has 10 heteroatoms. The summed E-state index contributed by atoms with van der Waals surface area (Å²) in [6.07, 6.45) is -10.8. The van der Waals surface area contributed by atoms with E-state index < -0.39 is 36.5 Å². The zero-order valence-corrected chi connectivity index (χ0v) is 14.8. The van der Waals surface area contributed by atoms with E-state index in [1.807, 2.05) is 0 Å². The van der Waals surface area contributed by atoms with Gasteiger partial charge >= 0.3 is 23.9 Å². The lowest BCUT2D eigenvalue weighted by Crippen LogP contribution is -2.61. The molecule has 0 aliphatic carbocycles. The van der Waals surface area contributed by atoms with Crippen molar-refractivity contribution in [2.75, 3.05) is 7.11 Å². The van der Waals surface area contributed by atoms with Gasteiger partial charge in [0, 0.05) is 13.5 Å². The molecule has 2 aromatic rings. The maximum absolute atomic E-state index is 14.1. The lowest BCUT2D eigenvalue weighted by atomic mass is 9.90. The van der Waals surface area contributed by atoms with E-state index in [2.05, 4.69) is 0 Å². The van der Waals surface area contributed by atoms with E-state index >= 15 is 0 Å². The Morgan fingerprint density at radius 3 is 1.76 bits per heavy atom. The number of halogens is 9. The third-order valence-electron chi connectivity index (χ3n) is 4.33. The largest absolute Gasteiger partial charge is 0.460 e. The molecular weight excluding hydrogens is 415 g/mol. The summed E-state index contributed by atoms with van der Waals surface area (Å²) in [5.41, 5.74) is 0.703. The van der Waals surface area contributed by atoms with Crippen LogP contribution in [0.4, 0.5) is 39.5 Å². The van der Waals surface area contributed by atoms with Crippen molar-refractivity contribution in [3.8, 4) is 11.1 Å². The van der Waals surface area contributed by atoms with E-state index in [-0.39, 0.29) is 11.1 Å². The van der Waals surface area contributed by atoms with Crippen LogP contribution in [0.5, 0.6) is 0 Å². The molecule has 1 unspecified atom stereocenters. The molecule has 0 heterocycles. The van der Waals surface area contributed by atoms with Gasteiger partial charge in [0.2, 0.25) is 0 Å². The van der Waals surface area contributed by atoms with Crippen molar-refractivity contribution in [1.29, 1.82) is 0 Å². The number of hydrogen-bond acceptors (Lipinski definition) is 1. The molecule has 160 valence electrons. The minimum Gasteiger partial charge on any atom is -0.377 e. The molecule has 0 radical (unpaired) electrons. The zero-order valence-electron chi connectivity index (χ0n) is 14.8. The maximum atomic E-state index is 14.1. The summed E-state index contributed by atoms with van der Waals surface area (Å²) < 4.78 is 123. The quantitative estimate of drug-likeness (QED) is 0.434. The van der Waals surface area contributed by atoms with Crippen molar-refractivity contribution in [2.24, 2.45) is 0 Å². The summed E-state index contributed by atoms with van der Waals surface area (Å²) in [6, 6.07) is 13.6. The van der Waals surface area contributed by atoms with Gasteiger partial charge in [-0.05, 0) is 16.7 Å². The van der Waals surface area contributed by atoms with Crippen LogP contribution in [0.3, 0.4) is 0 Å². The molecule has 2 rings (SSSR count). The minimum atomic E-state index is -6.93. The number of benzene rings is 2. The average molecular weight is 430 g/mol. The Bertz CT molecular complexity index is 816. The Labute approximate surface area is 160 Å². The van der Waals surface area contributed by atoms with Crippen LogP contribution < -0.4 is 0 Å². The standard InChI is InChI=1S/C19H15F9O/c1-29-15(11-16(20,21)17(22,23)18(24,25)19(26,27)28)14-10-6-5-9-13(14)12-7-3-2-4-8-12/h2-10,15H,11H2,1H3. The highest BCUT2D eigenvalue weighted by atomic mass is 19.4. The minimum absolute atomic E-state index is 0.0630. The van der Waals surface area contributed by atoms with Gasteiger partial charge in [-0.25, -0.2) is 0 Å². The van der Waals surface area contributed by atoms with E-state index in [1.165, 1.54) is 24.3 Å². The van der Waals surface area contributed by atoms with Crippen LogP contribution in [0.25, 0.3) is 11.1 Å². The fourth-order valence-corrected chi connectivity index (χ4v) is 2.75. The molecule has 1 atom stereocenters. The van der Waals surface area contributed by atoms with Crippen LogP contribution in [0.2, 0.25) is 0 Å². The van der Waals surface area contributed by atoms with Crippen molar-refractivity contribution in [3.05, 3.63) is 60.2 Å². The highest BCUT2D eigenvalue weighted by Gasteiger charge is 2.81. The molecule has 29 heavy (non-hydrogen) atoms. The average Bonchev–Trinajstić information content (AvgIpc) is 2.65. The highest BCUT2D eigenvalue weighted by molar-refractivity contribution is 5.67. The molecular formula is C19H15F9O. The number of ether oxygens (including phenoxy) is 1. The van der Waals surface area contributed by atoms with Crippen LogP contribution in [0.15, 0.2) is 54.6 Å². The monoisotopic (exact) mass is 430 g/mol. The van der Waals surface area contributed by atoms with Crippen molar-refractivity contribution >= 4 is 0 Å². The third-order valence-corrected chi connectivity index (χ3v) is 4.33. The maximum Gasteiger partial charge on any atom is 0.460 e. The first-order chi connectivity index (χ1) is 13.3. The lowest BCUT2D eigenvalue weighted by Gasteiger charge is -2.35. The van der Waals surface area contributed by atoms with Gasteiger partial charge in [-0.15, -0.1) is 0 Å². The van der Waals surface area contributed by atoms with Crippen LogP contribution in [-0.4, -0.2) is 31.1 Å². The molecule has 0 aliphatic heterocycles. The van der Waals surface area contributed by atoms with E-state index in [0.29, 0.717) is 5.56 Å². The van der Waals surface area contributed by atoms with E-state index in [9.17, 15) is 39.5 Å². The number of hydrogen-bond donors (Lipinski definition) is 0. The van der Waals surface area contributed by atoms with Gasteiger partial charge in [-0.2, -0.15) is 39.5 Å². The topological polar surface area (TPSA) is 9.23 Å². The molecule has 0 aliphatic rings. The molecule has 0 aromatic heterocycles. The van der Waals surface area contributed by atoms with Gasteiger partial charge in [0.1, 0.15) is 0 Å². The SMILES string of the molecule is COC(CC(F)(F)C(F)(F)C(F)(F)C(F)(F)F)c1ccccc1-c1ccccc1. The van der Waals surface area contributed by atoms with Crippen molar-refractivity contribution < 1.29 is 44.3 Å². The van der Waals surface area contributed by atoms with Crippen molar-refractivity contribution in [2.45, 2.75) is 36.5 Å². The molecule has 0 N–H and O–H groups in total. The predicted octanol–water partition coefficient (Wildman–Crippen LogP) is 6.90. The van der Waals surface area contributed by atoms with Gasteiger partial charge in [-0.1, -0.05) is 54.6 Å². The third kappa shape index (κ3) is 4.22. The first kappa shape index (κ1) is 23.1. The second-order valence-electron chi connectivity index (χ2n) is 6.23. The Kier molecular flexibility index (Phi) is 6.27. The first-order valence-electron chi connectivity index (χ1n) is 8.13. The Balaban J connectivity index is 2.45. The second kappa shape index (κ2) is 7.89. The van der Waals surface area contributed by atoms with Crippen LogP contribution >= 0.6 is 0 Å². The fraction of sp³-hybridized carbons (Fsp3) is 0.368. The molecule has 2 aromatic carbocycles. The van der Waals surface area contributed by atoms with E-state index in [0.717, 1.165) is 7.11 Å². The lowest BCUT2D eigenvalue weighted by molar-refractivity contribution is -0.398. The smallest absolute Gasteiger partial charge is 0.377 e. The summed E-state index contributed by atoms with van der Waals surface area (Å²) in [6.45, 7) is 0. The Morgan fingerprint density at radius 1 is 0.724 bits per heavy atom. The molecule has 0 saturated carbocycles. The highest BCUT2D eigenvalue weighted by Crippen LogP contribution is 2.55. The molecule has 0 spiro atoms. The van der Waals surface area contributed by atoms with Gasteiger partial charge in [0.05, 0.1) is 6.10 Å². The van der Waals surface area contributed by atoms with Crippen molar-refractivity contribution in [1.82, 2.24) is 0 Å². The summed E-state index contributed by atoms with van der Waals surface area (Å²) >= 11 is 0. The number of alkyl halides is 9. The Hall–Kier alpha value is -2.23.